The van der Waals surface area contributed by atoms with E-state index in [4.69, 9.17) is 5.26 Å². The third-order valence-corrected chi connectivity index (χ3v) is 3.68. The van der Waals surface area contributed by atoms with Crippen molar-refractivity contribution in [2.24, 2.45) is 5.41 Å². The van der Waals surface area contributed by atoms with E-state index in [2.05, 4.69) is 51.6 Å². The number of alkyl halides is 1. The summed E-state index contributed by atoms with van der Waals surface area (Å²) in [6.45, 7) is 7.56. The van der Waals surface area contributed by atoms with Crippen LogP contribution in [-0.4, -0.2) is 27.9 Å². The third-order valence-electron chi connectivity index (χ3n) is 2.93. The van der Waals surface area contributed by atoms with Gasteiger partial charge in [0.2, 0.25) is 5.82 Å². The molecule has 0 spiro atoms. The first kappa shape index (κ1) is 13.3. The predicted molar refractivity (Wildman–Crippen MR) is 74.8 cm³/mol. The standard InChI is InChI=1S/C13H17BrN4/c1-13(2,3)8-18-10(5-14)4-9-7-16-11(6-15)17-12(9)18/h7,10H,4-5,8H2,1-3H3. The Kier molecular flexibility index (Phi) is 3.58. The maximum Gasteiger partial charge on any atom is 0.234 e. The molecule has 0 N–H and O–H groups in total. The molecule has 1 aromatic heterocycles. The van der Waals surface area contributed by atoms with Crippen LogP contribution in [0.4, 0.5) is 5.82 Å². The molecule has 0 bridgehead atoms. The highest BCUT2D eigenvalue weighted by molar-refractivity contribution is 9.09. The minimum Gasteiger partial charge on any atom is -0.352 e. The average Bonchev–Trinajstić information content (AvgIpc) is 2.64. The molecule has 1 aliphatic rings. The summed E-state index contributed by atoms with van der Waals surface area (Å²) in [5.74, 6) is 1.18. The second-order valence-corrected chi connectivity index (χ2v) is 6.50. The topological polar surface area (TPSA) is 52.8 Å². The highest BCUT2D eigenvalue weighted by Gasteiger charge is 2.32. The first-order chi connectivity index (χ1) is 8.44. The van der Waals surface area contributed by atoms with Crippen molar-refractivity contribution in [3.05, 3.63) is 17.6 Å². The van der Waals surface area contributed by atoms with Crippen molar-refractivity contribution in [1.82, 2.24) is 9.97 Å². The van der Waals surface area contributed by atoms with Gasteiger partial charge in [0, 0.05) is 29.7 Å². The summed E-state index contributed by atoms with van der Waals surface area (Å²) >= 11 is 3.56. The minimum absolute atomic E-state index is 0.194. The number of anilines is 1. The van der Waals surface area contributed by atoms with E-state index >= 15 is 0 Å². The second kappa shape index (κ2) is 4.85. The Morgan fingerprint density at radius 1 is 1.56 bits per heavy atom. The Morgan fingerprint density at radius 3 is 2.83 bits per heavy atom. The number of hydrogen-bond donors (Lipinski definition) is 0. The van der Waals surface area contributed by atoms with Gasteiger partial charge >= 0.3 is 0 Å². The summed E-state index contributed by atoms with van der Waals surface area (Å²) in [4.78, 5) is 10.7. The molecule has 0 radical (unpaired) electrons. The van der Waals surface area contributed by atoms with Crippen molar-refractivity contribution in [3.63, 3.8) is 0 Å². The van der Waals surface area contributed by atoms with Gasteiger partial charge in [-0.15, -0.1) is 0 Å². The SMILES string of the molecule is CC(C)(C)CN1c2nc(C#N)ncc2CC1CBr. The van der Waals surface area contributed by atoms with Crippen molar-refractivity contribution in [2.75, 3.05) is 16.8 Å². The maximum atomic E-state index is 8.91. The van der Waals surface area contributed by atoms with Gasteiger partial charge in [0.1, 0.15) is 11.9 Å². The largest absolute Gasteiger partial charge is 0.352 e. The molecule has 0 saturated heterocycles. The van der Waals surface area contributed by atoms with E-state index in [-0.39, 0.29) is 11.2 Å². The molecule has 1 unspecified atom stereocenters. The molecule has 1 atom stereocenters. The van der Waals surface area contributed by atoms with E-state index in [0.717, 1.165) is 29.7 Å². The number of nitriles is 1. The first-order valence-electron chi connectivity index (χ1n) is 6.03. The van der Waals surface area contributed by atoms with Crippen LogP contribution in [0.25, 0.3) is 0 Å². The monoisotopic (exact) mass is 308 g/mol. The second-order valence-electron chi connectivity index (χ2n) is 5.86. The molecule has 2 heterocycles. The van der Waals surface area contributed by atoms with Crippen LogP contribution in [0.3, 0.4) is 0 Å². The molecule has 0 fully saturated rings. The quantitative estimate of drug-likeness (QED) is 0.788. The maximum absolute atomic E-state index is 8.91. The average molecular weight is 309 g/mol. The first-order valence-corrected chi connectivity index (χ1v) is 7.15. The number of halogens is 1. The lowest BCUT2D eigenvalue weighted by molar-refractivity contribution is 0.399. The van der Waals surface area contributed by atoms with Crippen molar-refractivity contribution in [2.45, 2.75) is 33.2 Å². The van der Waals surface area contributed by atoms with Crippen molar-refractivity contribution in [1.29, 1.82) is 5.26 Å². The lowest BCUT2D eigenvalue weighted by Gasteiger charge is -2.32. The normalized spacial score (nSPS) is 18.6. The minimum atomic E-state index is 0.194. The van der Waals surface area contributed by atoms with E-state index in [1.54, 1.807) is 6.20 Å². The van der Waals surface area contributed by atoms with Gasteiger partial charge in [0.05, 0.1) is 0 Å². The summed E-state index contributed by atoms with van der Waals surface area (Å²) < 4.78 is 0. The van der Waals surface area contributed by atoms with Crippen LogP contribution in [0, 0.1) is 16.7 Å². The zero-order chi connectivity index (χ0) is 13.3. The molecule has 5 heteroatoms. The van der Waals surface area contributed by atoms with Crippen LogP contribution in [0.15, 0.2) is 6.20 Å². The zero-order valence-corrected chi connectivity index (χ0v) is 12.5. The van der Waals surface area contributed by atoms with Crippen LogP contribution in [-0.2, 0) is 6.42 Å². The summed E-state index contributed by atoms with van der Waals surface area (Å²) in [5.41, 5.74) is 1.34. The molecule has 0 saturated carbocycles. The number of hydrogen-bond acceptors (Lipinski definition) is 4. The Morgan fingerprint density at radius 2 is 2.28 bits per heavy atom. The van der Waals surface area contributed by atoms with Gasteiger partial charge in [-0.2, -0.15) is 5.26 Å². The molecule has 0 aliphatic carbocycles. The predicted octanol–water partition coefficient (Wildman–Crippen LogP) is 2.52. The third kappa shape index (κ3) is 2.64. The molecule has 2 rings (SSSR count). The fraction of sp³-hybridized carbons (Fsp3) is 0.615. The fourth-order valence-corrected chi connectivity index (χ4v) is 2.81. The smallest absolute Gasteiger partial charge is 0.234 e. The number of rotatable bonds is 2. The van der Waals surface area contributed by atoms with Crippen molar-refractivity contribution < 1.29 is 0 Å². The zero-order valence-electron chi connectivity index (χ0n) is 10.9. The molecule has 18 heavy (non-hydrogen) atoms. The Balaban J connectivity index is 2.37. The summed E-state index contributed by atoms with van der Waals surface area (Å²) in [7, 11) is 0. The van der Waals surface area contributed by atoms with Crippen LogP contribution in [0.5, 0.6) is 0 Å². The highest BCUT2D eigenvalue weighted by Crippen LogP contribution is 2.33. The number of nitrogens with zero attached hydrogens (tertiary/aromatic N) is 4. The summed E-state index contributed by atoms with van der Waals surface area (Å²) in [6, 6.07) is 2.42. The van der Waals surface area contributed by atoms with Gasteiger partial charge < -0.3 is 4.90 Å². The molecule has 96 valence electrons. The van der Waals surface area contributed by atoms with Gasteiger partial charge in [-0.1, -0.05) is 36.7 Å². The van der Waals surface area contributed by atoms with E-state index in [1.807, 2.05) is 6.07 Å². The van der Waals surface area contributed by atoms with E-state index < -0.39 is 0 Å². The van der Waals surface area contributed by atoms with Gasteiger partial charge in [-0.3, -0.25) is 0 Å². The molecule has 1 aromatic rings. The highest BCUT2D eigenvalue weighted by atomic mass is 79.9. The molecular weight excluding hydrogens is 292 g/mol. The lowest BCUT2D eigenvalue weighted by Crippen LogP contribution is -2.39. The van der Waals surface area contributed by atoms with E-state index in [0.29, 0.717) is 6.04 Å². The lowest BCUT2D eigenvalue weighted by atomic mass is 9.96. The Labute approximate surface area is 116 Å². The van der Waals surface area contributed by atoms with Gasteiger partial charge in [0.15, 0.2) is 0 Å². The summed E-state index contributed by atoms with van der Waals surface area (Å²) in [5, 5.41) is 9.81. The molecular formula is C13H17BrN4. The number of aromatic nitrogens is 2. The van der Waals surface area contributed by atoms with Gasteiger partial charge in [-0.25, -0.2) is 9.97 Å². The molecule has 0 amide bonds. The number of fused-ring (bicyclic) bond motifs is 1. The molecule has 1 aliphatic heterocycles. The molecule has 0 aromatic carbocycles. The van der Waals surface area contributed by atoms with E-state index in [9.17, 15) is 0 Å². The van der Waals surface area contributed by atoms with Crippen LogP contribution in [0.2, 0.25) is 0 Å². The summed E-state index contributed by atoms with van der Waals surface area (Å²) in [6.07, 6.45) is 2.74. The van der Waals surface area contributed by atoms with Crippen LogP contribution < -0.4 is 4.90 Å². The van der Waals surface area contributed by atoms with Crippen molar-refractivity contribution in [3.8, 4) is 6.07 Å². The van der Waals surface area contributed by atoms with Gasteiger partial charge in [-0.05, 0) is 11.8 Å². The van der Waals surface area contributed by atoms with E-state index in [1.165, 1.54) is 0 Å². The van der Waals surface area contributed by atoms with Crippen LogP contribution >= 0.6 is 15.9 Å². The Bertz CT molecular complexity index is 487. The fourth-order valence-electron chi connectivity index (χ4n) is 2.23. The van der Waals surface area contributed by atoms with Crippen LogP contribution in [0.1, 0.15) is 32.2 Å². The van der Waals surface area contributed by atoms with Crippen molar-refractivity contribution >= 4 is 21.7 Å². The molecule has 4 nitrogen and oxygen atoms in total. The Hall–Kier alpha value is -1.15. The van der Waals surface area contributed by atoms with Gasteiger partial charge in [0.25, 0.3) is 0 Å².